The lowest BCUT2D eigenvalue weighted by atomic mass is 9.80. The molecule has 0 spiro atoms. The molecule has 1 aromatic carbocycles. The first kappa shape index (κ1) is 18.9. The lowest BCUT2D eigenvalue weighted by Crippen LogP contribution is -2.55. The van der Waals surface area contributed by atoms with Crippen LogP contribution in [0.5, 0.6) is 0 Å². The molecule has 1 aliphatic heterocycles. The maximum absolute atomic E-state index is 12.6. The van der Waals surface area contributed by atoms with Crippen LogP contribution in [0.4, 0.5) is 0 Å². The van der Waals surface area contributed by atoms with Crippen molar-refractivity contribution in [2.75, 3.05) is 19.6 Å². The van der Waals surface area contributed by atoms with Crippen LogP contribution in [0.3, 0.4) is 0 Å². The van der Waals surface area contributed by atoms with Gasteiger partial charge < -0.3 is 20.4 Å². The molecule has 136 valence electrons. The Hall–Kier alpha value is -2.41. The van der Waals surface area contributed by atoms with Crippen molar-refractivity contribution in [2.45, 2.75) is 32.3 Å². The van der Waals surface area contributed by atoms with Crippen molar-refractivity contribution in [3.05, 3.63) is 35.9 Å². The Balaban J connectivity index is 2.04. The van der Waals surface area contributed by atoms with Crippen LogP contribution in [0.2, 0.25) is 0 Å². The van der Waals surface area contributed by atoms with Crippen LogP contribution >= 0.6 is 0 Å². The number of amides is 2. The van der Waals surface area contributed by atoms with Crippen LogP contribution in [-0.2, 0) is 9.59 Å². The molecule has 0 bridgehead atoms. The maximum Gasteiger partial charge on any atom is 0.337 e. The third-order valence-electron chi connectivity index (χ3n) is 4.61. The summed E-state index contributed by atoms with van der Waals surface area (Å²) in [5, 5.41) is 21.2. The lowest BCUT2D eigenvalue weighted by Gasteiger charge is -2.39. The highest BCUT2D eigenvalue weighted by Gasteiger charge is 2.41. The van der Waals surface area contributed by atoms with Gasteiger partial charge in [0.2, 0.25) is 5.91 Å². The van der Waals surface area contributed by atoms with Gasteiger partial charge in [-0.15, -0.1) is 0 Å². The van der Waals surface area contributed by atoms with E-state index in [9.17, 15) is 19.5 Å². The Bertz CT molecular complexity index is 659. The van der Waals surface area contributed by atoms with Crippen LogP contribution in [0.15, 0.2) is 30.3 Å². The van der Waals surface area contributed by atoms with E-state index in [0.29, 0.717) is 24.9 Å². The fraction of sp³-hybridized carbons (Fsp3) is 0.500. The highest BCUT2D eigenvalue weighted by Crippen LogP contribution is 2.30. The van der Waals surface area contributed by atoms with Gasteiger partial charge in [0.15, 0.2) is 5.60 Å². The molecule has 25 heavy (non-hydrogen) atoms. The van der Waals surface area contributed by atoms with E-state index in [1.54, 1.807) is 36.1 Å². The Labute approximate surface area is 146 Å². The third-order valence-corrected chi connectivity index (χ3v) is 4.61. The first-order chi connectivity index (χ1) is 11.7. The zero-order valence-electron chi connectivity index (χ0n) is 14.5. The van der Waals surface area contributed by atoms with Crippen molar-refractivity contribution in [3.8, 4) is 0 Å². The number of piperidine rings is 1. The number of carbonyl (C=O) groups is 3. The summed E-state index contributed by atoms with van der Waals surface area (Å²) in [4.78, 5) is 37.7. The molecule has 3 N–H and O–H groups in total. The van der Waals surface area contributed by atoms with Crippen LogP contribution < -0.4 is 5.32 Å². The van der Waals surface area contributed by atoms with Gasteiger partial charge in [-0.1, -0.05) is 18.2 Å². The average Bonchev–Trinajstić information content (AvgIpc) is 2.59. The number of carbonyl (C=O) groups excluding carboxylic acids is 2. The van der Waals surface area contributed by atoms with Gasteiger partial charge in [-0.25, -0.2) is 4.79 Å². The van der Waals surface area contributed by atoms with Gasteiger partial charge in [-0.05, 0) is 38.8 Å². The smallest absolute Gasteiger partial charge is 0.337 e. The first-order valence-electron chi connectivity index (χ1n) is 8.24. The maximum atomic E-state index is 12.6. The van der Waals surface area contributed by atoms with E-state index in [2.05, 4.69) is 5.32 Å². The number of likely N-dealkylation sites (tertiary alicyclic amines) is 1. The number of aliphatic hydroxyl groups is 1. The number of nitrogens with one attached hydrogen (secondary N) is 1. The van der Waals surface area contributed by atoms with Gasteiger partial charge in [0.1, 0.15) is 0 Å². The SMILES string of the molecule is CC(O)(CNC(=O)C1(C)CCCN(C(=O)c2ccccc2)C1)C(=O)O. The number of hydrogen-bond acceptors (Lipinski definition) is 4. The summed E-state index contributed by atoms with van der Waals surface area (Å²) in [5.41, 5.74) is -2.28. The van der Waals surface area contributed by atoms with Gasteiger partial charge >= 0.3 is 5.97 Å². The Morgan fingerprint density at radius 2 is 1.92 bits per heavy atom. The van der Waals surface area contributed by atoms with Crippen LogP contribution in [0, 0.1) is 5.41 Å². The minimum atomic E-state index is -2.03. The highest BCUT2D eigenvalue weighted by molar-refractivity contribution is 5.95. The van der Waals surface area contributed by atoms with Gasteiger partial charge in [0, 0.05) is 18.7 Å². The summed E-state index contributed by atoms with van der Waals surface area (Å²) < 4.78 is 0. The number of hydrogen-bond donors (Lipinski definition) is 3. The van der Waals surface area contributed by atoms with E-state index < -0.39 is 17.0 Å². The molecule has 0 aliphatic carbocycles. The van der Waals surface area contributed by atoms with Crippen molar-refractivity contribution < 1.29 is 24.6 Å². The van der Waals surface area contributed by atoms with Gasteiger partial charge in [-0.3, -0.25) is 9.59 Å². The molecule has 7 heteroatoms. The molecule has 0 saturated carbocycles. The second-order valence-corrected chi connectivity index (χ2v) is 7.02. The number of carboxylic acid groups (broad SMARTS) is 1. The van der Waals surface area contributed by atoms with Crippen molar-refractivity contribution in [1.82, 2.24) is 10.2 Å². The number of rotatable bonds is 5. The Kier molecular flexibility index (Phi) is 5.47. The van der Waals surface area contributed by atoms with Crippen molar-refractivity contribution in [2.24, 2.45) is 5.41 Å². The standard InChI is InChI=1S/C18H24N2O5/c1-17(15(22)19-11-18(2,25)16(23)24)9-6-10-20(12-17)14(21)13-7-4-3-5-8-13/h3-5,7-8,25H,6,9-12H2,1-2H3,(H,19,22)(H,23,24). The number of aliphatic carboxylic acids is 1. The topological polar surface area (TPSA) is 107 Å². The molecule has 2 unspecified atom stereocenters. The van der Waals surface area contributed by atoms with Crippen LogP contribution in [0.25, 0.3) is 0 Å². The zero-order valence-corrected chi connectivity index (χ0v) is 14.5. The molecule has 2 amide bonds. The van der Waals surface area contributed by atoms with E-state index in [1.807, 2.05) is 6.07 Å². The summed E-state index contributed by atoms with van der Waals surface area (Å²) >= 11 is 0. The van der Waals surface area contributed by atoms with Crippen molar-refractivity contribution >= 4 is 17.8 Å². The molecule has 1 aliphatic rings. The van der Waals surface area contributed by atoms with Gasteiger partial charge in [-0.2, -0.15) is 0 Å². The lowest BCUT2D eigenvalue weighted by molar-refractivity contribution is -0.156. The molecule has 2 atom stereocenters. The highest BCUT2D eigenvalue weighted by atomic mass is 16.4. The third kappa shape index (κ3) is 4.36. The number of carboxylic acids is 1. The summed E-state index contributed by atoms with van der Waals surface area (Å²) in [6, 6.07) is 8.88. The monoisotopic (exact) mass is 348 g/mol. The largest absolute Gasteiger partial charge is 0.479 e. The van der Waals surface area contributed by atoms with E-state index in [4.69, 9.17) is 5.11 Å². The Morgan fingerprint density at radius 3 is 2.52 bits per heavy atom. The quantitative estimate of drug-likeness (QED) is 0.732. The van der Waals surface area contributed by atoms with Crippen LogP contribution in [0.1, 0.15) is 37.0 Å². The molecular weight excluding hydrogens is 324 g/mol. The summed E-state index contributed by atoms with van der Waals surface area (Å²) in [6.07, 6.45) is 1.27. The van der Waals surface area contributed by atoms with E-state index in [-0.39, 0.29) is 24.9 Å². The van der Waals surface area contributed by atoms with Crippen molar-refractivity contribution in [3.63, 3.8) is 0 Å². The molecule has 0 aromatic heterocycles. The van der Waals surface area contributed by atoms with Gasteiger partial charge in [0.25, 0.3) is 5.91 Å². The second-order valence-electron chi connectivity index (χ2n) is 7.02. The van der Waals surface area contributed by atoms with E-state index >= 15 is 0 Å². The van der Waals surface area contributed by atoms with E-state index in [0.717, 1.165) is 6.92 Å². The first-order valence-corrected chi connectivity index (χ1v) is 8.24. The molecule has 0 radical (unpaired) electrons. The predicted octanol–water partition coefficient (Wildman–Crippen LogP) is 0.881. The van der Waals surface area contributed by atoms with Crippen molar-refractivity contribution in [1.29, 1.82) is 0 Å². The molecule has 1 heterocycles. The van der Waals surface area contributed by atoms with Gasteiger partial charge in [0.05, 0.1) is 12.0 Å². The minimum absolute atomic E-state index is 0.128. The molecular formula is C18H24N2O5. The minimum Gasteiger partial charge on any atom is -0.479 e. The summed E-state index contributed by atoms with van der Waals surface area (Å²) in [6.45, 7) is 3.32. The normalized spacial score (nSPS) is 22.8. The predicted molar refractivity (Wildman–Crippen MR) is 91.0 cm³/mol. The summed E-state index contributed by atoms with van der Waals surface area (Å²) in [5.74, 6) is -1.89. The van der Waals surface area contributed by atoms with Crippen LogP contribution in [-0.4, -0.2) is 58.1 Å². The molecule has 1 fully saturated rings. The number of benzene rings is 1. The molecule has 2 rings (SSSR count). The van der Waals surface area contributed by atoms with E-state index in [1.165, 1.54) is 0 Å². The second kappa shape index (κ2) is 7.23. The fourth-order valence-electron chi connectivity index (χ4n) is 2.90. The fourth-order valence-corrected chi connectivity index (χ4v) is 2.90. The number of nitrogens with zero attached hydrogens (tertiary/aromatic N) is 1. The zero-order chi connectivity index (χ0) is 18.7. The summed E-state index contributed by atoms with van der Waals surface area (Å²) in [7, 11) is 0. The molecule has 1 saturated heterocycles. The molecule has 1 aromatic rings. The molecule has 7 nitrogen and oxygen atoms in total. The Morgan fingerprint density at radius 1 is 1.28 bits per heavy atom. The average molecular weight is 348 g/mol.